The van der Waals surface area contributed by atoms with E-state index in [1.807, 2.05) is 35.9 Å². The Balaban J connectivity index is 1.22. The summed E-state index contributed by atoms with van der Waals surface area (Å²) in [5.41, 5.74) is 1.60. The zero-order chi connectivity index (χ0) is 30.7. The van der Waals surface area contributed by atoms with Gasteiger partial charge in [-0.05, 0) is 55.9 Å². The van der Waals surface area contributed by atoms with Crippen LogP contribution < -0.4 is 5.32 Å². The second kappa shape index (κ2) is 13.4. The van der Waals surface area contributed by atoms with E-state index in [0.29, 0.717) is 38.0 Å². The van der Waals surface area contributed by atoms with Crippen molar-refractivity contribution < 1.29 is 33.0 Å². The lowest BCUT2D eigenvalue weighted by Crippen LogP contribution is -2.40. The summed E-state index contributed by atoms with van der Waals surface area (Å²) in [4.78, 5) is 40.0. The second-order valence-electron chi connectivity index (χ2n) is 11.3. The molecule has 2 amide bonds. The number of amides is 2. The summed E-state index contributed by atoms with van der Waals surface area (Å²) in [7, 11) is 4.86. The fourth-order valence-corrected chi connectivity index (χ4v) is 6.42. The summed E-state index contributed by atoms with van der Waals surface area (Å²) >= 11 is 6.47. The normalized spacial score (nSPS) is 22.1. The van der Waals surface area contributed by atoms with Crippen LogP contribution in [-0.4, -0.2) is 72.9 Å². The molecule has 0 bridgehead atoms. The molecule has 11 heteroatoms. The molecule has 1 N–H and O–H groups in total. The van der Waals surface area contributed by atoms with E-state index in [0.717, 1.165) is 29.8 Å². The van der Waals surface area contributed by atoms with Crippen molar-refractivity contribution in [1.29, 1.82) is 0 Å². The van der Waals surface area contributed by atoms with Crippen LogP contribution in [0.25, 0.3) is 10.9 Å². The maximum Gasteiger partial charge on any atom is 0.308 e. The number of benzene rings is 2. The first-order valence-electron chi connectivity index (χ1n) is 14.5. The number of carbonyl (C=O) groups excluding carboxylic acids is 3. The van der Waals surface area contributed by atoms with Gasteiger partial charge in [0.1, 0.15) is 5.82 Å². The Hall–Kier alpha value is -3.47. The molecule has 0 spiro atoms. The van der Waals surface area contributed by atoms with Crippen LogP contribution in [0.3, 0.4) is 0 Å². The maximum absolute atomic E-state index is 15.3. The molecule has 1 aromatic heterocycles. The molecule has 1 aliphatic carbocycles. The molecule has 9 nitrogen and oxygen atoms in total. The zero-order valence-electron chi connectivity index (χ0n) is 24.6. The number of fused-ring (bicyclic) bond motifs is 1. The quantitative estimate of drug-likeness (QED) is 0.336. The SMILES string of the molecule is COC(=O)[C@H]1CC[C@H](OC[C@@H]2C[C@@H](OC)CN2C(=O)Cc2cc(Cl)c(NC(=O)c3cn(C)c4ccccc34)cc2F)CC1. The van der Waals surface area contributed by atoms with Gasteiger partial charge in [-0.2, -0.15) is 0 Å². The zero-order valence-corrected chi connectivity index (χ0v) is 25.4. The van der Waals surface area contributed by atoms with E-state index in [1.54, 1.807) is 18.2 Å². The standard InChI is InChI=1S/C32H37ClFN3O6/c1-36-17-25(24-6-4-5-7-29(24)36)31(39)35-28-15-27(34)20(12-26(28)33)13-30(38)37-16-23(41-2)14-21(37)18-43-22-10-8-19(9-11-22)32(40)42-3/h4-7,12,15,17,19,21-23H,8-11,13-14,16,18H2,1-3H3,(H,35,39)/t19-,21-,22-,23+/m0/s1. The molecule has 0 radical (unpaired) electrons. The molecular formula is C32H37ClFN3O6. The molecule has 2 atom stereocenters. The highest BCUT2D eigenvalue weighted by Gasteiger charge is 2.37. The molecule has 1 aliphatic heterocycles. The lowest BCUT2D eigenvalue weighted by Gasteiger charge is -2.30. The first-order chi connectivity index (χ1) is 20.7. The van der Waals surface area contributed by atoms with E-state index in [9.17, 15) is 14.4 Å². The van der Waals surface area contributed by atoms with Crippen molar-refractivity contribution >= 4 is 46.0 Å². The van der Waals surface area contributed by atoms with Crippen molar-refractivity contribution in [3.63, 3.8) is 0 Å². The molecule has 0 unspecified atom stereocenters. The number of rotatable bonds is 9. The largest absolute Gasteiger partial charge is 0.469 e. The molecule has 2 fully saturated rings. The minimum Gasteiger partial charge on any atom is -0.469 e. The second-order valence-corrected chi connectivity index (χ2v) is 11.8. The van der Waals surface area contributed by atoms with Gasteiger partial charge in [0.05, 0.1) is 60.6 Å². The highest BCUT2D eigenvalue weighted by molar-refractivity contribution is 6.34. The molecule has 3 aromatic rings. The van der Waals surface area contributed by atoms with Crippen LogP contribution in [0.5, 0.6) is 0 Å². The van der Waals surface area contributed by atoms with E-state index in [2.05, 4.69) is 5.32 Å². The van der Waals surface area contributed by atoms with Crippen LogP contribution in [0.4, 0.5) is 10.1 Å². The van der Waals surface area contributed by atoms with Crippen LogP contribution in [0, 0.1) is 11.7 Å². The molecule has 1 saturated carbocycles. The van der Waals surface area contributed by atoms with E-state index in [1.165, 1.54) is 13.2 Å². The van der Waals surface area contributed by atoms with E-state index in [4.69, 9.17) is 25.8 Å². The lowest BCUT2D eigenvalue weighted by molar-refractivity contribution is -0.148. The Morgan fingerprint density at radius 2 is 1.81 bits per heavy atom. The first kappa shape index (κ1) is 31.0. The Bertz CT molecular complexity index is 1500. The Kier molecular flexibility index (Phi) is 9.68. The summed E-state index contributed by atoms with van der Waals surface area (Å²) < 4.78 is 33.7. The average molecular weight is 614 g/mol. The van der Waals surface area contributed by atoms with E-state index >= 15 is 4.39 Å². The van der Waals surface area contributed by atoms with Crippen molar-refractivity contribution in [3.8, 4) is 0 Å². The number of methoxy groups -OCH3 is 2. The number of ether oxygens (including phenoxy) is 3. The predicted molar refractivity (Wildman–Crippen MR) is 161 cm³/mol. The van der Waals surface area contributed by atoms with Gasteiger partial charge in [-0.15, -0.1) is 0 Å². The number of likely N-dealkylation sites (tertiary alicyclic amines) is 1. The minimum absolute atomic E-state index is 0.00679. The lowest BCUT2D eigenvalue weighted by atomic mass is 9.87. The van der Waals surface area contributed by atoms with Gasteiger partial charge in [0, 0.05) is 37.8 Å². The molecule has 2 heterocycles. The summed E-state index contributed by atoms with van der Waals surface area (Å²) in [6.45, 7) is 0.717. The van der Waals surface area contributed by atoms with E-state index in [-0.39, 0.29) is 58.7 Å². The third-order valence-electron chi connectivity index (χ3n) is 8.63. The van der Waals surface area contributed by atoms with Crippen LogP contribution in [-0.2, 0) is 37.3 Å². The number of aromatic nitrogens is 1. The van der Waals surface area contributed by atoms with Gasteiger partial charge in [0.15, 0.2) is 0 Å². The van der Waals surface area contributed by atoms with Crippen molar-refractivity contribution in [2.45, 2.75) is 56.8 Å². The maximum atomic E-state index is 15.3. The average Bonchev–Trinajstić information content (AvgIpc) is 3.59. The Labute approximate surface area is 255 Å². The molecule has 43 heavy (non-hydrogen) atoms. The summed E-state index contributed by atoms with van der Waals surface area (Å²) in [6.07, 6.45) is 4.92. The minimum atomic E-state index is -0.636. The smallest absolute Gasteiger partial charge is 0.308 e. The first-order valence-corrected chi connectivity index (χ1v) is 14.9. The molecule has 2 aromatic carbocycles. The van der Waals surface area contributed by atoms with Crippen LogP contribution in [0.15, 0.2) is 42.6 Å². The fourth-order valence-electron chi connectivity index (χ4n) is 6.18. The monoisotopic (exact) mass is 613 g/mol. The van der Waals surface area contributed by atoms with Crippen molar-refractivity contribution in [2.24, 2.45) is 13.0 Å². The Morgan fingerprint density at radius 1 is 1.07 bits per heavy atom. The highest BCUT2D eigenvalue weighted by atomic mass is 35.5. The highest BCUT2D eigenvalue weighted by Crippen LogP contribution is 2.31. The van der Waals surface area contributed by atoms with Gasteiger partial charge in [-0.3, -0.25) is 14.4 Å². The Morgan fingerprint density at radius 3 is 2.53 bits per heavy atom. The molecule has 230 valence electrons. The summed E-state index contributed by atoms with van der Waals surface area (Å²) in [5.74, 6) is -1.58. The van der Waals surface area contributed by atoms with Gasteiger partial charge >= 0.3 is 5.97 Å². The van der Waals surface area contributed by atoms with Crippen LogP contribution >= 0.6 is 11.6 Å². The molecule has 1 saturated heterocycles. The number of hydrogen-bond acceptors (Lipinski definition) is 6. The number of para-hydroxylation sites is 1. The molecule has 2 aliphatic rings. The number of hydrogen-bond donors (Lipinski definition) is 1. The topological polar surface area (TPSA) is 99.1 Å². The van der Waals surface area contributed by atoms with Gasteiger partial charge in [-0.1, -0.05) is 29.8 Å². The van der Waals surface area contributed by atoms with Crippen molar-refractivity contribution in [2.75, 3.05) is 32.7 Å². The number of halogens is 2. The number of anilines is 1. The van der Waals surface area contributed by atoms with Crippen LogP contribution in [0.1, 0.15) is 48.0 Å². The third kappa shape index (κ3) is 6.87. The third-order valence-corrected chi connectivity index (χ3v) is 8.94. The van der Waals surface area contributed by atoms with Gasteiger partial charge in [-0.25, -0.2) is 4.39 Å². The predicted octanol–water partition coefficient (Wildman–Crippen LogP) is 5.13. The van der Waals surface area contributed by atoms with Gasteiger partial charge in [0.2, 0.25) is 5.91 Å². The summed E-state index contributed by atoms with van der Waals surface area (Å²) in [5, 5.41) is 3.62. The van der Waals surface area contributed by atoms with Crippen LogP contribution in [0.2, 0.25) is 5.02 Å². The number of esters is 1. The van der Waals surface area contributed by atoms with Gasteiger partial charge < -0.3 is 29.0 Å². The van der Waals surface area contributed by atoms with Crippen molar-refractivity contribution in [1.82, 2.24) is 9.47 Å². The van der Waals surface area contributed by atoms with Crippen molar-refractivity contribution in [3.05, 3.63) is 64.6 Å². The molecular weight excluding hydrogens is 577 g/mol. The number of nitrogens with one attached hydrogen (secondary N) is 1. The summed E-state index contributed by atoms with van der Waals surface area (Å²) in [6, 6.07) is 9.83. The molecule has 5 rings (SSSR count). The number of nitrogens with zero attached hydrogens (tertiary/aromatic N) is 2. The number of carbonyl (C=O) groups is 3. The van der Waals surface area contributed by atoms with E-state index < -0.39 is 11.7 Å². The number of aryl methyl sites for hydroxylation is 1. The van der Waals surface area contributed by atoms with Gasteiger partial charge in [0.25, 0.3) is 5.91 Å². The fraction of sp³-hybridized carbons (Fsp3) is 0.469.